The predicted octanol–water partition coefficient (Wildman–Crippen LogP) is 2.65. The molecule has 0 aliphatic carbocycles. The average Bonchev–Trinajstić information content (AvgIpc) is 2.77. The lowest BCUT2D eigenvalue weighted by atomic mass is 10.2. The second-order valence-electron chi connectivity index (χ2n) is 5.77. The standard InChI is InChI=1S/C17H20F2N4/c18-15-3-1-4-16(19)14(15)12-22-7-2-8-23(10-9-22)17-6-5-13(20)11-21-17/h1,3-6,11H,2,7-10,12,20H2. The van der Waals surface area contributed by atoms with Crippen molar-refractivity contribution in [2.24, 2.45) is 0 Å². The van der Waals surface area contributed by atoms with E-state index in [-0.39, 0.29) is 5.56 Å². The van der Waals surface area contributed by atoms with Crippen molar-refractivity contribution in [2.75, 3.05) is 36.8 Å². The molecule has 1 aliphatic heterocycles. The van der Waals surface area contributed by atoms with Gasteiger partial charge in [0.1, 0.15) is 17.5 Å². The molecule has 6 heteroatoms. The van der Waals surface area contributed by atoms with Crippen molar-refractivity contribution in [3.05, 3.63) is 53.7 Å². The largest absolute Gasteiger partial charge is 0.397 e. The molecule has 0 spiro atoms. The summed E-state index contributed by atoms with van der Waals surface area (Å²) in [7, 11) is 0. The van der Waals surface area contributed by atoms with Crippen molar-refractivity contribution < 1.29 is 8.78 Å². The van der Waals surface area contributed by atoms with Crippen LogP contribution in [0.2, 0.25) is 0 Å². The van der Waals surface area contributed by atoms with Gasteiger partial charge in [-0.1, -0.05) is 6.07 Å². The predicted molar refractivity (Wildman–Crippen MR) is 87.1 cm³/mol. The lowest BCUT2D eigenvalue weighted by Gasteiger charge is -2.23. The molecule has 122 valence electrons. The molecule has 4 nitrogen and oxygen atoms in total. The lowest BCUT2D eigenvalue weighted by molar-refractivity contribution is 0.276. The smallest absolute Gasteiger partial charge is 0.130 e. The summed E-state index contributed by atoms with van der Waals surface area (Å²) in [6, 6.07) is 7.74. The maximum Gasteiger partial charge on any atom is 0.130 e. The average molecular weight is 318 g/mol. The molecule has 0 saturated carbocycles. The highest BCUT2D eigenvalue weighted by Gasteiger charge is 2.18. The number of hydrogen-bond acceptors (Lipinski definition) is 4. The van der Waals surface area contributed by atoms with Gasteiger partial charge in [-0.25, -0.2) is 13.8 Å². The number of aromatic nitrogens is 1. The summed E-state index contributed by atoms with van der Waals surface area (Å²) >= 11 is 0. The lowest BCUT2D eigenvalue weighted by Crippen LogP contribution is -2.31. The van der Waals surface area contributed by atoms with Gasteiger partial charge in [0.2, 0.25) is 0 Å². The molecule has 1 aliphatic rings. The fraction of sp³-hybridized carbons (Fsp3) is 0.353. The molecular formula is C17H20F2N4. The SMILES string of the molecule is Nc1ccc(N2CCCN(Cc3c(F)cccc3F)CC2)nc1. The van der Waals surface area contributed by atoms with Crippen LogP contribution in [0.25, 0.3) is 0 Å². The van der Waals surface area contributed by atoms with E-state index in [1.165, 1.54) is 18.2 Å². The number of nitrogens with two attached hydrogens (primary N) is 1. The minimum atomic E-state index is -0.480. The zero-order valence-electron chi connectivity index (χ0n) is 12.9. The summed E-state index contributed by atoms with van der Waals surface area (Å²) in [6.45, 7) is 3.47. The first-order valence-electron chi connectivity index (χ1n) is 7.75. The van der Waals surface area contributed by atoms with Crippen LogP contribution in [0.4, 0.5) is 20.3 Å². The quantitative estimate of drug-likeness (QED) is 0.945. The molecule has 2 heterocycles. The Morgan fingerprint density at radius 2 is 1.78 bits per heavy atom. The Bertz CT molecular complexity index is 640. The second-order valence-corrected chi connectivity index (χ2v) is 5.77. The Balaban J connectivity index is 1.65. The number of nitrogen functional groups attached to an aromatic ring is 1. The molecule has 2 N–H and O–H groups in total. The molecule has 1 fully saturated rings. The van der Waals surface area contributed by atoms with Gasteiger partial charge in [0.25, 0.3) is 0 Å². The van der Waals surface area contributed by atoms with Gasteiger partial charge >= 0.3 is 0 Å². The van der Waals surface area contributed by atoms with E-state index in [2.05, 4.69) is 14.8 Å². The first-order valence-corrected chi connectivity index (χ1v) is 7.75. The number of anilines is 2. The van der Waals surface area contributed by atoms with E-state index in [0.717, 1.165) is 38.4 Å². The van der Waals surface area contributed by atoms with Crippen molar-refractivity contribution in [3.63, 3.8) is 0 Å². The summed E-state index contributed by atoms with van der Waals surface area (Å²) in [5, 5.41) is 0. The molecule has 1 aromatic heterocycles. The van der Waals surface area contributed by atoms with Gasteiger partial charge in [0, 0.05) is 38.3 Å². The van der Waals surface area contributed by atoms with Gasteiger partial charge in [-0.05, 0) is 30.7 Å². The van der Waals surface area contributed by atoms with E-state index in [0.29, 0.717) is 12.2 Å². The Morgan fingerprint density at radius 3 is 2.48 bits per heavy atom. The van der Waals surface area contributed by atoms with Crippen LogP contribution >= 0.6 is 0 Å². The number of halogens is 2. The first-order chi connectivity index (χ1) is 11.1. The topological polar surface area (TPSA) is 45.4 Å². The number of nitrogens with zero attached hydrogens (tertiary/aromatic N) is 3. The van der Waals surface area contributed by atoms with Gasteiger partial charge in [0.05, 0.1) is 11.9 Å². The van der Waals surface area contributed by atoms with E-state index >= 15 is 0 Å². The molecule has 1 saturated heterocycles. The van der Waals surface area contributed by atoms with Crippen LogP contribution in [0, 0.1) is 11.6 Å². The summed E-state index contributed by atoms with van der Waals surface area (Å²) in [4.78, 5) is 8.60. The van der Waals surface area contributed by atoms with Crippen LogP contribution in [0.5, 0.6) is 0 Å². The molecule has 0 amide bonds. The van der Waals surface area contributed by atoms with E-state index in [9.17, 15) is 8.78 Å². The fourth-order valence-electron chi connectivity index (χ4n) is 2.85. The molecule has 0 radical (unpaired) electrons. The van der Waals surface area contributed by atoms with Gasteiger partial charge in [-0.2, -0.15) is 0 Å². The summed E-state index contributed by atoms with van der Waals surface area (Å²) in [5.74, 6) is -0.0734. The third-order valence-corrected chi connectivity index (χ3v) is 4.13. The van der Waals surface area contributed by atoms with Gasteiger partial charge in [-0.3, -0.25) is 4.90 Å². The maximum atomic E-state index is 13.8. The number of pyridine rings is 1. The highest BCUT2D eigenvalue weighted by molar-refractivity contribution is 5.45. The Morgan fingerprint density at radius 1 is 1.00 bits per heavy atom. The zero-order valence-corrected chi connectivity index (χ0v) is 12.9. The molecular weight excluding hydrogens is 298 g/mol. The van der Waals surface area contributed by atoms with E-state index in [1.54, 1.807) is 6.20 Å². The van der Waals surface area contributed by atoms with E-state index in [4.69, 9.17) is 5.73 Å². The molecule has 0 bridgehead atoms. The fourth-order valence-corrected chi connectivity index (χ4v) is 2.85. The Kier molecular flexibility index (Phi) is 4.71. The van der Waals surface area contributed by atoms with Crippen LogP contribution in [0.3, 0.4) is 0 Å². The van der Waals surface area contributed by atoms with Gasteiger partial charge in [-0.15, -0.1) is 0 Å². The van der Waals surface area contributed by atoms with Crippen molar-refractivity contribution in [1.82, 2.24) is 9.88 Å². The molecule has 2 aromatic rings. The van der Waals surface area contributed by atoms with Crippen molar-refractivity contribution in [3.8, 4) is 0 Å². The van der Waals surface area contributed by atoms with Crippen LogP contribution in [0.15, 0.2) is 36.5 Å². The Hall–Kier alpha value is -2.21. The van der Waals surface area contributed by atoms with Gasteiger partial charge < -0.3 is 10.6 Å². The third-order valence-electron chi connectivity index (χ3n) is 4.13. The minimum absolute atomic E-state index is 0.145. The first kappa shape index (κ1) is 15.7. The van der Waals surface area contributed by atoms with Crippen molar-refractivity contribution in [1.29, 1.82) is 0 Å². The number of benzene rings is 1. The molecule has 0 unspecified atom stereocenters. The van der Waals surface area contributed by atoms with E-state index in [1.807, 2.05) is 12.1 Å². The minimum Gasteiger partial charge on any atom is -0.397 e. The molecule has 3 rings (SSSR count). The van der Waals surface area contributed by atoms with Crippen molar-refractivity contribution in [2.45, 2.75) is 13.0 Å². The third kappa shape index (κ3) is 3.76. The zero-order chi connectivity index (χ0) is 16.2. The summed E-state index contributed by atoms with van der Waals surface area (Å²) in [6.07, 6.45) is 2.56. The molecule has 0 atom stereocenters. The number of rotatable bonds is 3. The van der Waals surface area contributed by atoms with Crippen LogP contribution in [0.1, 0.15) is 12.0 Å². The second kappa shape index (κ2) is 6.91. The summed E-state index contributed by atoms with van der Waals surface area (Å²) in [5.41, 5.74) is 6.45. The van der Waals surface area contributed by atoms with Crippen molar-refractivity contribution >= 4 is 11.5 Å². The maximum absolute atomic E-state index is 13.8. The van der Waals surface area contributed by atoms with Crippen LogP contribution in [-0.2, 0) is 6.54 Å². The van der Waals surface area contributed by atoms with E-state index < -0.39 is 11.6 Å². The monoisotopic (exact) mass is 318 g/mol. The van der Waals surface area contributed by atoms with Gasteiger partial charge in [0.15, 0.2) is 0 Å². The Labute approximate surface area is 134 Å². The highest BCUT2D eigenvalue weighted by Crippen LogP contribution is 2.18. The normalized spacial score (nSPS) is 16.3. The summed E-state index contributed by atoms with van der Waals surface area (Å²) < 4.78 is 27.6. The molecule has 1 aromatic carbocycles. The highest BCUT2D eigenvalue weighted by atomic mass is 19.1. The van der Waals surface area contributed by atoms with Crippen LogP contribution in [-0.4, -0.2) is 36.1 Å². The van der Waals surface area contributed by atoms with Crippen LogP contribution < -0.4 is 10.6 Å². The number of hydrogen-bond donors (Lipinski definition) is 1. The molecule has 23 heavy (non-hydrogen) atoms.